The molecule has 0 fully saturated rings. The van der Waals surface area contributed by atoms with Crippen molar-refractivity contribution in [3.63, 3.8) is 0 Å². The molecule has 0 saturated heterocycles. The molecule has 3 aromatic rings. The smallest absolute Gasteiger partial charge is 0.258 e. The van der Waals surface area contributed by atoms with Crippen LogP contribution in [0.5, 0.6) is 5.75 Å². The van der Waals surface area contributed by atoms with E-state index in [0.29, 0.717) is 12.3 Å². The van der Waals surface area contributed by atoms with Crippen molar-refractivity contribution in [2.24, 2.45) is 0 Å². The van der Waals surface area contributed by atoms with Crippen LogP contribution in [-0.2, 0) is 11.3 Å². The molecule has 1 aromatic heterocycles. The fourth-order valence-electron chi connectivity index (χ4n) is 2.00. The number of nitrogens with zero attached hydrogens (tertiary/aromatic N) is 1. The highest BCUT2D eigenvalue weighted by molar-refractivity contribution is 9.10. The van der Waals surface area contributed by atoms with Crippen LogP contribution in [0.15, 0.2) is 53.0 Å². The molecule has 1 amide bonds. The molecule has 0 atom stereocenters. The Hall–Kier alpha value is -2.34. The van der Waals surface area contributed by atoms with Crippen molar-refractivity contribution >= 4 is 32.9 Å². The minimum atomic E-state index is -0.191. The number of hydrogen-bond acceptors (Lipinski definition) is 3. The van der Waals surface area contributed by atoms with Crippen LogP contribution in [0.25, 0.3) is 11.0 Å². The average Bonchev–Trinajstić information content (AvgIpc) is 2.95. The molecular weight excluding hydrogens is 346 g/mol. The van der Waals surface area contributed by atoms with Crippen molar-refractivity contribution in [1.82, 2.24) is 15.3 Å². The number of hydrogen-bond donors (Lipinski definition) is 2. The Morgan fingerprint density at radius 2 is 1.95 bits per heavy atom. The highest BCUT2D eigenvalue weighted by atomic mass is 79.9. The Kier molecular flexibility index (Phi) is 4.39. The van der Waals surface area contributed by atoms with Crippen LogP contribution in [0.2, 0.25) is 0 Å². The van der Waals surface area contributed by atoms with Gasteiger partial charge in [0.25, 0.3) is 5.91 Å². The minimum absolute atomic E-state index is 0.0259. The summed E-state index contributed by atoms with van der Waals surface area (Å²) in [6, 6.07) is 15.1. The van der Waals surface area contributed by atoms with Gasteiger partial charge in [0.2, 0.25) is 0 Å². The van der Waals surface area contributed by atoms with Crippen LogP contribution in [0.4, 0.5) is 0 Å². The monoisotopic (exact) mass is 359 g/mol. The molecule has 0 saturated carbocycles. The molecule has 112 valence electrons. The average molecular weight is 360 g/mol. The van der Waals surface area contributed by atoms with Crippen molar-refractivity contribution in [1.29, 1.82) is 0 Å². The molecule has 6 heteroatoms. The van der Waals surface area contributed by atoms with Gasteiger partial charge in [0, 0.05) is 4.47 Å². The number of nitrogens with one attached hydrogen (secondary N) is 2. The molecule has 5 nitrogen and oxygen atoms in total. The second kappa shape index (κ2) is 6.62. The number of benzene rings is 2. The molecule has 0 bridgehead atoms. The van der Waals surface area contributed by atoms with Gasteiger partial charge in [0.15, 0.2) is 6.61 Å². The summed E-state index contributed by atoms with van der Waals surface area (Å²) in [7, 11) is 0. The number of carbonyl (C=O) groups excluding carboxylic acids is 1. The Bertz CT molecular complexity index is 750. The molecule has 0 unspecified atom stereocenters. The Morgan fingerprint density at radius 3 is 2.73 bits per heavy atom. The summed E-state index contributed by atoms with van der Waals surface area (Å²) in [5, 5.41) is 2.77. The van der Waals surface area contributed by atoms with Gasteiger partial charge in [0.05, 0.1) is 17.6 Å². The van der Waals surface area contributed by atoms with Crippen molar-refractivity contribution in [2.45, 2.75) is 6.54 Å². The number of H-pyrrole nitrogens is 1. The summed E-state index contributed by atoms with van der Waals surface area (Å²) in [4.78, 5) is 19.3. The normalized spacial score (nSPS) is 10.6. The molecular formula is C16H14BrN3O2. The van der Waals surface area contributed by atoms with Gasteiger partial charge in [-0.25, -0.2) is 4.98 Å². The molecule has 3 rings (SSSR count). The zero-order chi connectivity index (χ0) is 15.4. The van der Waals surface area contributed by atoms with Crippen LogP contribution < -0.4 is 10.1 Å². The third kappa shape index (κ3) is 3.65. The first-order valence-corrected chi connectivity index (χ1v) is 7.59. The first-order valence-electron chi connectivity index (χ1n) is 6.79. The summed E-state index contributed by atoms with van der Waals surface area (Å²) < 4.78 is 6.37. The molecule has 2 N–H and O–H groups in total. The number of fused-ring (bicyclic) bond motifs is 1. The maximum Gasteiger partial charge on any atom is 0.258 e. The number of carbonyl (C=O) groups is 1. The fraction of sp³-hybridized carbons (Fsp3) is 0.125. The van der Waals surface area contributed by atoms with Crippen LogP contribution >= 0.6 is 15.9 Å². The standard InChI is InChI=1S/C16H14BrN3O2/c17-11-5-7-12(8-6-11)22-10-16(21)18-9-15-19-13-3-1-2-4-14(13)20-15/h1-8H,9-10H2,(H,18,21)(H,19,20). The van der Waals surface area contributed by atoms with E-state index in [0.717, 1.165) is 21.3 Å². The predicted molar refractivity (Wildman–Crippen MR) is 87.6 cm³/mol. The molecule has 0 aliphatic heterocycles. The number of rotatable bonds is 5. The second-order valence-electron chi connectivity index (χ2n) is 4.72. The van der Waals surface area contributed by atoms with Crippen LogP contribution in [0, 0.1) is 0 Å². The van der Waals surface area contributed by atoms with E-state index >= 15 is 0 Å². The van der Waals surface area contributed by atoms with E-state index in [1.54, 1.807) is 12.1 Å². The quantitative estimate of drug-likeness (QED) is 0.735. The molecule has 1 heterocycles. The van der Waals surface area contributed by atoms with Gasteiger partial charge in [-0.15, -0.1) is 0 Å². The van der Waals surface area contributed by atoms with Crippen LogP contribution in [0.1, 0.15) is 5.82 Å². The fourth-order valence-corrected chi connectivity index (χ4v) is 2.27. The lowest BCUT2D eigenvalue weighted by atomic mass is 10.3. The van der Waals surface area contributed by atoms with E-state index < -0.39 is 0 Å². The first kappa shape index (κ1) is 14.6. The number of halogens is 1. The zero-order valence-electron chi connectivity index (χ0n) is 11.7. The number of aromatic nitrogens is 2. The van der Waals surface area contributed by atoms with Gasteiger partial charge in [-0.1, -0.05) is 28.1 Å². The highest BCUT2D eigenvalue weighted by Crippen LogP contribution is 2.15. The molecule has 2 aromatic carbocycles. The van der Waals surface area contributed by atoms with Gasteiger partial charge in [-0.2, -0.15) is 0 Å². The third-order valence-electron chi connectivity index (χ3n) is 3.07. The summed E-state index contributed by atoms with van der Waals surface area (Å²) >= 11 is 3.35. The number of imidazole rings is 1. The Balaban J connectivity index is 1.50. The second-order valence-corrected chi connectivity index (χ2v) is 5.64. The van der Waals surface area contributed by atoms with E-state index in [9.17, 15) is 4.79 Å². The van der Waals surface area contributed by atoms with E-state index in [2.05, 4.69) is 31.2 Å². The molecule has 0 aliphatic carbocycles. The summed E-state index contributed by atoms with van der Waals surface area (Å²) in [6.45, 7) is 0.319. The lowest BCUT2D eigenvalue weighted by Crippen LogP contribution is -2.28. The molecule has 0 aliphatic rings. The molecule has 0 radical (unpaired) electrons. The Morgan fingerprint density at radius 1 is 1.18 bits per heavy atom. The maximum absolute atomic E-state index is 11.8. The summed E-state index contributed by atoms with van der Waals surface area (Å²) in [5.74, 6) is 1.18. The van der Waals surface area contributed by atoms with Crippen LogP contribution in [0.3, 0.4) is 0 Å². The number of para-hydroxylation sites is 2. The maximum atomic E-state index is 11.8. The van der Waals surface area contributed by atoms with Gasteiger partial charge in [0.1, 0.15) is 11.6 Å². The first-order chi connectivity index (χ1) is 10.7. The van der Waals surface area contributed by atoms with E-state index in [4.69, 9.17) is 4.74 Å². The predicted octanol–water partition coefficient (Wildman–Crippen LogP) is 3.02. The van der Waals surface area contributed by atoms with Gasteiger partial charge < -0.3 is 15.0 Å². The van der Waals surface area contributed by atoms with Crippen LogP contribution in [-0.4, -0.2) is 22.5 Å². The highest BCUT2D eigenvalue weighted by Gasteiger charge is 2.06. The number of amides is 1. The van der Waals surface area contributed by atoms with Gasteiger partial charge >= 0.3 is 0 Å². The van der Waals surface area contributed by atoms with Crippen molar-refractivity contribution < 1.29 is 9.53 Å². The number of aromatic amines is 1. The third-order valence-corrected chi connectivity index (χ3v) is 3.60. The van der Waals surface area contributed by atoms with E-state index in [1.165, 1.54) is 0 Å². The lowest BCUT2D eigenvalue weighted by molar-refractivity contribution is -0.123. The van der Waals surface area contributed by atoms with Crippen molar-refractivity contribution in [3.8, 4) is 5.75 Å². The van der Waals surface area contributed by atoms with E-state index in [-0.39, 0.29) is 12.5 Å². The zero-order valence-corrected chi connectivity index (χ0v) is 13.3. The summed E-state index contributed by atoms with van der Waals surface area (Å²) in [5.41, 5.74) is 1.84. The van der Waals surface area contributed by atoms with Gasteiger partial charge in [-0.3, -0.25) is 4.79 Å². The van der Waals surface area contributed by atoms with E-state index in [1.807, 2.05) is 36.4 Å². The van der Waals surface area contributed by atoms with Gasteiger partial charge in [-0.05, 0) is 36.4 Å². The number of ether oxygens (including phenoxy) is 1. The lowest BCUT2D eigenvalue weighted by Gasteiger charge is -2.06. The minimum Gasteiger partial charge on any atom is -0.484 e. The largest absolute Gasteiger partial charge is 0.484 e. The van der Waals surface area contributed by atoms with Crippen molar-refractivity contribution in [3.05, 3.63) is 58.8 Å². The molecule has 0 spiro atoms. The topological polar surface area (TPSA) is 67.0 Å². The Labute approximate surface area is 135 Å². The molecule has 22 heavy (non-hydrogen) atoms. The van der Waals surface area contributed by atoms with Crippen molar-refractivity contribution in [2.75, 3.05) is 6.61 Å². The SMILES string of the molecule is O=C(COc1ccc(Br)cc1)NCc1nc2ccccc2[nH]1. The summed E-state index contributed by atoms with van der Waals surface area (Å²) in [6.07, 6.45) is 0.